The molecular weight excluding hydrogens is 282 g/mol. The van der Waals surface area contributed by atoms with E-state index in [1.54, 1.807) is 0 Å². The molecule has 2 nitrogen and oxygen atoms in total. The summed E-state index contributed by atoms with van der Waals surface area (Å²) in [4.78, 5) is 2.46. The lowest BCUT2D eigenvalue weighted by Gasteiger charge is -2.32. The Morgan fingerprint density at radius 2 is 2.24 bits per heavy atom. The quantitative estimate of drug-likeness (QED) is 0.619. The van der Waals surface area contributed by atoms with Crippen LogP contribution in [0.5, 0.6) is 5.75 Å². The van der Waals surface area contributed by atoms with Crippen LogP contribution in [0.3, 0.4) is 0 Å². The van der Waals surface area contributed by atoms with Crippen LogP contribution in [0.1, 0.15) is 36.8 Å². The number of aryl methyl sites for hydroxylation is 1. The summed E-state index contributed by atoms with van der Waals surface area (Å²) in [5.74, 6) is 7.24. The van der Waals surface area contributed by atoms with E-state index in [1.165, 1.54) is 25.8 Å². The molecule has 21 heavy (non-hydrogen) atoms. The van der Waals surface area contributed by atoms with Gasteiger partial charge in [-0.3, -0.25) is 0 Å². The van der Waals surface area contributed by atoms with Gasteiger partial charge in [-0.2, -0.15) is 0 Å². The fourth-order valence-corrected chi connectivity index (χ4v) is 2.88. The second kappa shape index (κ2) is 8.32. The SMILES string of the molecule is Cc1cc(OCCC2CCCCN2C)ccc1C#CCCl. The van der Waals surface area contributed by atoms with E-state index in [1.807, 2.05) is 12.1 Å². The maximum absolute atomic E-state index is 5.90. The Morgan fingerprint density at radius 1 is 1.38 bits per heavy atom. The van der Waals surface area contributed by atoms with E-state index in [-0.39, 0.29) is 0 Å². The molecule has 1 aromatic rings. The average molecular weight is 306 g/mol. The van der Waals surface area contributed by atoms with E-state index >= 15 is 0 Å². The van der Waals surface area contributed by atoms with Gasteiger partial charge >= 0.3 is 0 Å². The van der Waals surface area contributed by atoms with E-state index in [9.17, 15) is 0 Å². The van der Waals surface area contributed by atoms with Crippen molar-refractivity contribution in [1.82, 2.24) is 4.90 Å². The predicted molar refractivity (Wildman–Crippen MR) is 89.2 cm³/mol. The first kappa shape index (κ1) is 16.2. The van der Waals surface area contributed by atoms with Crippen LogP contribution in [0.15, 0.2) is 18.2 Å². The zero-order chi connectivity index (χ0) is 15.1. The number of piperidine rings is 1. The molecule has 0 aliphatic carbocycles. The lowest BCUT2D eigenvalue weighted by Crippen LogP contribution is -2.37. The molecule has 1 aliphatic heterocycles. The Bertz CT molecular complexity index is 518. The molecular formula is C18H24ClNO. The van der Waals surface area contributed by atoms with Crippen molar-refractivity contribution in [2.24, 2.45) is 0 Å². The summed E-state index contributed by atoms with van der Waals surface area (Å²) in [7, 11) is 2.22. The van der Waals surface area contributed by atoms with Crippen molar-refractivity contribution in [3.8, 4) is 17.6 Å². The summed E-state index contributed by atoms with van der Waals surface area (Å²) in [6.45, 7) is 4.05. The van der Waals surface area contributed by atoms with Gasteiger partial charge in [-0.05, 0) is 63.5 Å². The van der Waals surface area contributed by atoms with Gasteiger partial charge in [0.1, 0.15) is 5.75 Å². The highest BCUT2D eigenvalue weighted by Crippen LogP contribution is 2.20. The maximum Gasteiger partial charge on any atom is 0.119 e. The minimum absolute atomic E-state index is 0.368. The largest absolute Gasteiger partial charge is 0.494 e. The number of ether oxygens (including phenoxy) is 1. The Balaban J connectivity index is 1.84. The number of hydrogen-bond acceptors (Lipinski definition) is 2. The van der Waals surface area contributed by atoms with Gasteiger partial charge in [0, 0.05) is 11.6 Å². The van der Waals surface area contributed by atoms with Crippen molar-refractivity contribution in [3.05, 3.63) is 29.3 Å². The molecule has 0 aromatic heterocycles. The molecule has 0 N–H and O–H groups in total. The van der Waals surface area contributed by atoms with E-state index in [0.717, 1.165) is 29.9 Å². The van der Waals surface area contributed by atoms with Crippen molar-refractivity contribution in [3.63, 3.8) is 0 Å². The summed E-state index contributed by atoms with van der Waals surface area (Å²) in [6.07, 6.45) is 5.08. The monoisotopic (exact) mass is 305 g/mol. The molecule has 0 amide bonds. The van der Waals surface area contributed by atoms with Crippen LogP contribution >= 0.6 is 11.6 Å². The van der Waals surface area contributed by atoms with Gasteiger partial charge in [0.2, 0.25) is 0 Å². The van der Waals surface area contributed by atoms with Crippen molar-refractivity contribution in [1.29, 1.82) is 0 Å². The van der Waals surface area contributed by atoms with Gasteiger partial charge in [0.05, 0.1) is 12.5 Å². The van der Waals surface area contributed by atoms with Gasteiger partial charge in [-0.25, -0.2) is 0 Å². The summed E-state index contributed by atoms with van der Waals surface area (Å²) in [6, 6.07) is 6.74. The van der Waals surface area contributed by atoms with Crippen LogP contribution in [0.25, 0.3) is 0 Å². The van der Waals surface area contributed by atoms with E-state index in [4.69, 9.17) is 16.3 Å². The van der Waals surface area contributed by atoms with Gasteiger partial charge in [-0.1, -0.05) is 18.3 Å². The number of likely N-dealkylation sites (tertiary alicyclic amines) is 1. The Labute approximate surface area is 133 Å². The van der Waals surface area contributed by atoms with Crippen LogP contribution < -0.4 is 4.74 Å². The zero-order valence-corrected chi connectivity index (χ0v) is 13.7. The zero-order valence-electron chi connectivity index (χ0n) is 13.0. The second-order valence-electron chi connectivity index (χ2n) is 5.68. The Morgan fingerprint density at radius 3 is 2.95 bits per heavy atom. The summed E-state index contributed by atoms with van der Waals surface area (Å²) >= 11 is 5.59. The molecule has 1 fully saturated rings. The molecule has 1 atom stereocenters. The molecule has 3 heteroatoms. The van der Waals surface area contributed by atoms with Crippen molar-refractivity contribution in [2.45, 2.75) is 38.6 Å². The van der Waals surface area contributed by atoms with Gasteiger partial charge in [0.25, 0.3) is 0 Å². The van der Waals surface area contributed by atoms with Crippen LogP contribution in [0, 0.1) is 18.8 Å². The fraction of sp³-hybridized carbons (Fsp3) is 0.556. The maximum atomic E-state index is 5.90. The number of rotatable bonds is 4. The van der Waals surface area contributed by atoms with Crippen LogP contribution in [0.4, 0.5) is 0 Å². The van der Waals surface area contributed by atoms with E-state index < -0.39 is 0 Å². The van der Waals surface area contributed by atoms with E-state index in [2.05, 4.69) is 36.8 Å². The van der Waals surface area contributed by atoms with Gasteiger partial charge < -0.3 is 9.64 Å². The molecule has 1 saturated heterocycles. The number of hydrogen-bond donors (Lipinski definition) is 0. The van der Waals surface area contributed by atoms with Crippen LogP contribution in [-0.2, 0) is 0 Å². The molecule has 1 aliphatic rings. The van der Waals surface area contributed by atoms with E-state index in [0.29, 0.717) is 11.9 Å². The summed E-state index contributed by atoms with van der Waals surface area (Å²) in [5, 5.41) is 0. The second-order valence-corrected chi connectivity index (χ2v) is 5.95. The molecule has 1 unspecified atom stereocenters. The molecule has 0 bridgehead atoms. The highest BCUT2D eigenvalue weighted by Gasteiger charge is 2.18. The number of alkyl halides is 1. The first-order valence-corrected chi connectivity index (χ1v) is 8.22. The molecule has 1 aromatic carbocycles. The normalized spacial score (nSPS) is 18.9. The highest BCUT2D eigenvalue weighted by atomic mass is 35.5. The molecule has 0 radical (unpaired) electrons. The standard InChI is InChI=1S/C18H24ClNO/c1-15-14-18(9-8-16(15)6-5-11-19)21-13-10-17-7-3-4-12-20(17)2/h8-9,14,17H,3-4,7,10-13H2,1-2H3. The molecule has 0 spiro atoms. The van der Waals surface area contributed by atoms with Crippen molar-refractivity contribution < 1.29 is 4.74 Å². The number of benzene rings is 1. The average Bonchev–Trinajstić information content (AvgIpc) is 2.48. The molecule has 114 valence electrons. The third kappa shape index (κ3) is 4.95. The fourth-order valence-electron chi connectivity index (χ4n) is 2.82. The highest BCUT2D eigenvalue weighted by molar-refractivity contribution is 6.19. The third-order valence-corrected chi connectivity index (χ3v) is 4.26. The number of nitrogens with zero attached hydrogens (tertiary/aromatic N) is 1. The van der Waals surface area contributed by atoms with Crippen molar-refractivity contribution >= 4 is 11.6 Å². The number of halogens is 1. The molecule has 2 rings (SSSR count). The Hall–Kier alpha value is -1.17. The van der Waals surface area contributed by atoms with Gasteiger partial charge in [0.15, 0.2) is 0 Å². The minimum Gasteiger partial charge on any atom is -0.494 e. The van der Waals surface area contributed by atoms with Gasteiger partial charge in [-0.15, -0.1) is 11.6 Å². The van der Waals surface area contributed by atoms with Crippen LogP contribution in [0.2, 0.25) is 0 Å². The lowest BCUT2D eigenvalue weighted by molar-refractivity contribution is 0.153. The molecule has 0 saturated carbocycles. The summed E-state index contributed by atoms with van der Waals surface area (Å²) < 4.78 is 5.90. The summed E-state index contributed by atoms with van der Waals surface area (Å²) in [5.41, 5.74) is 2.16. The van der Waals surface area contributed by atoms with Crippen molar-refractivity contribution in [2.75, 3.05) is 26.1 Å². The molecule has 1 heterocycles. The smallest absolute Gasteiger partial charge is 0.119 e. The first-order valence-electron chi connectivity index (χ1n) is 7.69. The Kier molecular flexibility index (Phi) is 6.42. The minimum atomic E-state index is 0.368. The first-order chi connectivity index (χ1) is 10.2. The third-order valence-electron chi connectivity index (χ3n) is 4.13. The topological polar surface area (TPSA) is 12.5 Å². The predicted octanol–water partition coefficient (Wildman–Crippen LogP) is 3.84. The lowest BCUT2D eigenvalue weighted by atomic mass is 10.0. The van der Waals surface area contributed by atoms with Crippen LogP contribution in [-0.4, -0.2) is 37.0 Å².